The monoisotopic (exact) mass is 524 g/mol. The molecule has 5 heterocycles. The van der Waals surface area contributed by atoms with E-state index in [1.54, 1.807) is 18.5 Å². The summed E-state index contributed by atoms with van der Waals surface area (Å²) in [6, 6.07) is 9.25. The first-order chi connectivity index (χ1) is 18.0. The van der Waals surface area contributed by atoms with Crippen LogP contribution in [0, 0.1) is 11.3 Å². The Labute approximate surface area is 220 Å². The van der Waals surface area contributed by atoms with E-state index in [9.17, 15) is 9.59 Å². The molecule has 11 nitrogen and oxygen atoms in total. The summed E-state index contributed by atoms with van der Waals surface area (Å²) in [5.74, 6) is 0.625. The number of carbonyl (C=O) groups is 2. The van der Waals surface area contributed by atoms with Gasteiger partial charge in [-0.3, -0.25) is 24.9 Å². The number of halogens is 1. The molecule has 2 amide bonds. The van der Waals surface area contributed by atoms with Crippen molar-refractivity contribution in [2.75, 3.05) is 50.8 Å². The third-order valence-corrected chi connectivity index (χ3v) is 7.59. The molecule has 0 radical (unpaired) electrons. The third-order valence-electron chi connectivity index (χ3n) is 7.10. The van der Waals surface area contributed by atoms with Crippen LogP contribution in [0.2, 0.25) is 0 Å². The molecule has 2 N–H and O–H groups in total. The number of carbonyl (C=O) groups excluding carboxylic acids is 2. The van der Waals surface area contributed by atoms with Gasteiger partial charge >= 0.3 is 0 Å². The minimum absolute atomic E-state index is 0.0585. The van der Waals surface area contributed by atoms with Crippen LogP contribution in [0.4, 0.5) is 5.82 Å². The van der Waals surface area contributed by atoms with Crippen molar-refractivity contribution in [2.24, 2.45) is 0 Å². The van der Waals surface area contributed by atoms with Gasteiger partial charge in [0.1, 0.15) is 17.3 Å². The molecule has 0 aromatic carbocycles. The van der Waals surface area contributed by atoms with Crippen LogP contribution in [-0.2, 0) is 20.9 Å². The number of ether oxygens (including phenoxy) is 1. The molecule has 5 rings (SSSR count). The maximum Gasteiger partial charge on any atom is 0.253 e. The molecule has 2 aromatic heterocycles. The van der Waals surface area contributed by atoms with Crippen LogP contribution >= 0.6 is 11.6 Å². The van der Waals surface area contributed by atoms with Gasteiger partial charge in [-0.25, -0.2) is 10.4 Å². The summed E-state index contributed by atoms with van der Waals surface area (Å²) in [6.07, 6.45) is 3.62. The van der Waals surface area contributed by atoms with E-state index < -0.39 is 5.38 Å². The molecule has 0 aliphatic carbocycles. The number of pyridine rings is 2. The van der Waals surface area contributed by atoms with Crippen LogP contribution in [0.3, 0.4) is 0 Å². The Bertz CT molecular complexity index is 1170. The number of nitrogens with one attached hydrogen (secondary N) is 2. The van der Waals surface area contributed by atoms with Crippen molar-refractivity contribution in [1.82, 2.24) is 30.6 Å². The Kier molecular flexibility index (Phi) is 7.81. The highest BCUT2D eigenvalue weighted by molar-refractivity contribution is 6.31. The normalized spacial score (nSPS) is 23.9. The highest BCUT2D eigenvalue weighted by atomic mass is 35.5. The topological polar surface area (TPSA) is 127 Å². The number of hydrogen-bond donors (Lipinski definition) is 2. The van der Waals surface area contributed by atoms with Crippen molar-refractivity contribution in [3.8, 4) is 6.07 Å². The average Bonchev–Trinajstić information content (AvgIpc) is 3.31. The van der Waals surface area contributed by atoms with Gasteiger partial charge in [0.25, 0.3) is 5.91 Å². The van der Waals surface area contributed by atoms with E-state index in [-0.39, 0.29) is 23.9 Å². The van der Waals surface area contributed by atoms with E-state index in [1.165, 1.54) is 0 Å². The molecular weight excluding hydrogens is 496 g/mol. The molecule has 0 spiro atoms. The second-order valence-electron chi connectivity index (χ2n) is 9.28. The minimum Gasteiger partial charge on any atom is -0.379 e. The van der Waals surface area contributed by atoms with Crippen molar-refractivity contribution < 1.29 is 14.3 Å². The van der Waals surface area contributed by atoms with Gasteiger partial charge in [0.15, 0.2) is 0 Å². The highest BCUT2D eigenvalue weighted by Crippen LogP contribution is 2.35. The number of piperazine rings is 1. The summed E-state index contributed by atoms with van der Waals surface area (Å²) in [6.45, 7) is 4.42. The van der Waals surface area contributed by atoms with E-state index in [1.807, 2.05) is 23.1 Å². The number of alkyl halides is 1. The Morgan fingerprint density at radius 1 is 1.22 bits per heavy atom. The fourth-order valence-electron chi connectivity index (χ4n) is 5.08. The maximum absolute atomic E-state index is 12.8. The average molecular weight is 525 g/mol. The van der Waals surface area contributed by atoms with Gasteiger partial charge in [-0.15, -0.1) is 11.6 Å². The van der Waals surface area contributed by atoms with Gasteiger partial charge in [-0.2, -0.15) is 5.26 Å². The van der Waals surface area contributed by atoms with Gasteiger partial charge in [0, 0.05) is 51.7 Å². The van der Waals surface area contributed by atoms with E-state index >= 15 is 0 Å². The van der Waals surface area contributed by atoms with Crippen molar-refractivity contribution in [2.45, 2.75) is 30.4 Å². The largest absolute Gasteiger partial charge is 0.379 e. The molecule has 2 fully saturated rings. The fraction of sp³-hybridized carbons (Fsp3) is 0.480. The van der Waals surface area contributed by atoms with E-state index in [2.05, 4.69) is 36.7 Å². The Hall–Kier alpha value is -3.30. The van der Waals surface area contributed by atoms with E-state index in [0.717, 1.165) is 17.1 Å². The van der Waals surface area contributed by atoms with Crippen molar-refractivity contribution >= 4 is 29.2 Å². The molecule has 0 bridgehead atoms. The van der Waals surface area contributed by atoms with Crippen LogP contribution in [0.15, 0.2) is 36.7 Å². The molecule has 3 aliphatic rings. The van der Waals surface area contributed by atoms with Gasteiger partial charge < -0.3 is 14.5 Å². The molecule has 37 heavy (non-hydrogen) atoms. The lowest BCUT2D eigenvalue weighted by Gasteiger charge is -2.38. The standard InChI is InChI=1S/C25H29ClN8O3/c26-23-19(14-30-31-25(23)36)34-15-18-2-1-6-28-24(18)20(34)16-37-11-5-22(35)33-9-7-32(8-10-33)21-4-3-17(12-27)13-29-21/h1-4,6,13,19-20,23,30H,5,7-11,14-16H2,(H,31,36)/t19?,20-,23?/m0/s1. The van der Waals surface area contributed by atoms with Crippen LogP contribution in [0.25, 0.3) is 0 Å². The smallest absolute Gasteiger partial charge is 0.253 e. The number of nitrogens with zero attached hydrogens (tertiary/aromatic N) is 6. The number of anilines is 1. The quantitative estimate of drug-likeness (QED) is 0.395. The van der Waals surface area contributed by atoms with E-state index in [0.29, 0.717) is 64.5 Å². The number of rotatable bonds is 7. The molecule has 12 heteroatoms. The highest BCUT2D eigenvalue weighted by Gasteiger charge is 2.42. The molecule has 3 atom stereocenters. The molecule has 2 unspecified atom stereocenters. The number of amides is 2. The van der Waals surface area contributed by atoms with Gasteiger partial charge in [0.05, 0.1) is 43.0 Å². The Balaban J connectivity index is 1.11. The molecule has 194 valence electrons. The zero-order valence-electron chi connectivity index (χ0n) is 20.3. The lowest BCUT2D eigenvalue weighted by Crippen LogP contribution is -2.61. The number of fused-ring (bicyclic) bond motifs is 1. The summed E-state index contributed by atoms with van der Waals surface area (Å²) in [5, 5.41) is 8.25. The Morgan fingerprint density at radius 3 is 2.81 bits per heavy atom. The van der Waals surface area contributed by atoms with Crippen molar-refractivity contribution in [1.29, 1.82) is 5.26 Å². The number of hydrogen-bond acceptors (Lipinski definition) is 9. The van der Waals surface area contributed by atoms with Crippen LogP contribution in [-0.4, -0.2) is 88.9 Å². The van der Waals surface area contributed by atoms with Crippen LogP contribution < -0.4 is 15.8 Å². The first kappa shape index (κ1) is 25.4. The lowest BCUT2D eigenvalue weighted by atomic mass is 10.1. The number of aromatic nitrogens is 2. The summed E-state index contributed by atoms with van der Waals surface area (Å²) >= 11 is 6.45. The second kappa shape index (κ2) is 11.4. The predicted octanol–water partition coefficient (Wildman–Crippen LogP) is 0.571. The van der Waals surface area contributed by atoms with Crippen LogP contribution in [0.1, 0.15) is 29.3 Å². The van der Waals surface area contributed by atoms with Crippen molar-refractivity contribution in [3.63, 3.8) is 0 Å². The van der Waals surface area contributed by atoms with Crippen LogP contribution in [0.5, 0.6) is 0 Å². The molecule has 2 saturated heterocycles. The first-order valence-electron chi connectivity index (χ1n) is 12.4. The van der Waals surface area contributed by atoms with Gasteiger partial charge in [0.2, 0.25) is 5.91 Å². The minimum atomic E-state index is -0.683. The maximum atomic E-state index is 12.8. The predicted molar refractivity (Wildman–Crippen MR) is 135 cm³/mol. The lowest BCUT2D eigenvalue weighted by molar-refractivity contribution is -0.133. The summed E-state index contributed by atoms with van der Waals surface area (Å²) < 4.78 is 5.99. The third kappa shape index (κ3) is 5.52. The van der Waals surface area contributed by atoms with Gasteiger partial charge in [-0.05, 0) is 23.8 Å². The molecule has 3 aliphatic heterocycles. The van der Waals surface area contributed by atoms with Crippen molar-refractivity contribution in [3.05, 3.63) is 53.5 Å². The Morgan fingerprint density at radius 2 is 2.05 bits per heavy atom. The SMILES string of the molecule is N#Cc1ccc(N2CCN(C(=O)CCOC[C@H]3c4ncccc4CN3C3CNNC(=O)C3Cl)CC2)nc1. The summed E-state index contributed by atoms with van der Waals surface area (Å²) in [5.41, 5.74) is 8.05. The molecule has 0 saturated carbocycles. The van der Waals surface area contributed by atoms with Gasteiger partial charge in [-0.1, -0.05) is 6.07 Å². The zero-order valence-corrected chi connectivity index (χ0v) is 21.1. The van der Waals surface area contributed by atoms with E-state index in [4.69, 9.17) is 21.6 Å². The first-order valence-corrected chi connectivity index (χ1v) is 12.8. The summed E-state index contributed by atoms with van der Waals surface area (Å²) in [4.78, 5) is 40.0. The number of hydrazine groups is 1. The second-order valence-corrected chi connectivity index (χ2v) is 9.75. The number of nitriles is 1. The molecular formula is C25H29ClN8O3. The summed E-state index contributed by atoms with van der Waals surface area (Å²) in [7, 11) is 0. The zero-order chi connectivity index (χ0) is 25.8. The molecule has 2 aromatic rings. The fourth-order valence-corrected chi connectivity index (χ4v) is 5.37.